The lowest BCUT2D eigenvalue weighted by molar-refractivity contribution is -0.113. The summed E-state index contributed by atoms with van der Waals surface area (Å²) in [7, 11) is 0. The van der Waals surface area contributed by atoms with Crippen LogP contribution in [0.3, 0.4) is 0 Å². The van der Waals surface area contributed by atoms with Crippen molar-refractivity contribution in [2.75, 3.05) is 0 Å². The van der Waals surface area contributed by atoms with Crippen LogP contribution in [0.1, 0.15) is 40.7 Å². The quantitative estimate of drug-likeness (QED) is 0.743. The van der Waals surface area contributed by atoms with Gasteiger partial charge in [0.25, 0.3) is 0 Å². The molecular weight excluding hydrogens is 364 g/mol. The van der Waals surface area contributed by atoms with Crippen molar-refractivity contribution in [2.45, 2.75) is 25.7 Å². The Morgan fingerprint density at radius 2 is 1.79 bits per heavy atom. The van der Waals surface area contributed by atoms with Crippen molar-refractivity contribution in [3.8, 4) is 0 Å². The lowest BCUT2D eigenvalue weighted by Gasteiger charge is -2.30. The number of fused-ring (bicyclic) bond motifs is 1. The van der Waals surface area contributed by atoms with E-state index in [-0.39, 0.29) is 17.5 Å². The Hall–Kier alpha value is -2.00. The molecule has 3 heteroatoms. The zero-order valence-electron chi connectivity index (χ0n) is 13.4. The summed E-state index contributed by atoms with van der Waals surface area (Å²) in [6, 6.07) is 15.9. The Balaban J connectivity index is 1.84. The molecule has 0 radical (unpaired) electrons. The van der Waals surface area contributed by atoms with E-state index < -0.39 is 5.41 Å². The topological polar surface area (TPSA) is 34.1 Å². The SMILES string of the molecule is CC(=O)C1=C[C@H](c2ccc(Br)cc2)[C@@]2(C1)Cc1ccccc1C2=O. The summed E-state index contributed by atoms with van der Waals surface area (Å²) in [5, 5.41) is 0. The number of rotatable bonds is 2. The molecule has 2 atom stereocenters. The minimum Gasteiger partial charge on any atom is -0.295 e. The lowest BCUT2D eigenvalue weighted by Crippen LogP contribution is -2.31. The van der Waals surface area contributed by atoms with Gasteiger partial charge in [-0.2, -0.15) is 0 Å². The van der Waals surface area contributed by atoms with E-state index in [2.05, 4.69) is 15.9 Å². The van der Waals surface area contributed by atoms with Crippen LogP contribution in [0.5, 0.6) is 0 Å². The molecule has 1 spiro atoms. The van der Waals surface area contributed by atoms with E-state index in [0.29, 0.717) is 12.8 Å². The Bertz CT molecular complexity index is 879. The fraction of sp³-hybridized carbons (Fsp3) is 0.238. The fourth-order valence-electron chi connectivity index (χ4n) is 4.17. The Kier molecular flexibility index (Phi) is 3.57. The van der Waals surface area contributed by atoms with Crippen LogP contribution < -0.4 is 0 Å². The molecular formula is C21H17BrO2. The third-order valence-electron chi connectivity index (χ3n) is 5.37. The van der Waals surface area contributed by atoms with Gasteiger partial charge in [-0.1, -0.05) is 58.4 Å². The largest absolute Gasteiger partial charge is 0.295 e. The highest BCUT2D eigenvalue weighted by atomic mass is 79.9. The molecule has 0 N–H and O–H groups in total. The maximum absolute atomic E-state index is 13.3. The maximum atomic E-state index is 13.3. The summed E-state index contributed by atoms with van der Waals surface area (Å²) in [6.45, 7) is 1.59. The van der Waals surface area contributed by atoms with Gasteiger partial charge in [0.1, 0.15) is 0 Å². The summed E-state index contributed by atoms with van der Waals surface area (Å²) in [6.07, 6.45) is 3.27. The number of Topliss-reactive ketones (excluding diaryl/α,β-unsaturated/α-hetero) is 2. The molecule has 24 heavy (non-hydrogen) atoms. The van der Waals surface area contributed by atoms with Crippen LogP contribution in [-0.2, 0) is 11.2 Å². The zero-order chi connectivity index (χ0) is 16.9. The van der Waals surface area contributed by atoms with Crippen LogP contribution in [0.2, 0.25) is 0 Å². The highest BCUT2D eigenvalue weighted by Gasteiger charge is 2.54. The minimum absolute atomic E-state index is 0.0515. The summed E-state index contributed by atoms with van der Waals surface area (Å²) < 4.78 is 1.01. The van der Waals surface area contributed by atoms with E-state index in [9.17, 15) is 9.59 Å². The predicted molar refractivity (Wildman–Crippen MR) is 97.2 cm³/mol. The minimum atomic E-state index is -0.543. The van der Waals surface area contributed by atoms with Crippen molar-refractivity contribution >= 4 is 27.5 Å². The van der Waals surface area contributed by atoms with E-state index in [1.807, 2.05) is 54.6 Å². The third kappa shape index (κ3) is 2.22. The number of hydrogen-bond acceptors (Lipinski definition) is 2. The first kappa shape index (κ1) is 15.5. The maximum Gasteiger partial charge on any atom is 0.170 e. The Labute approximate surface area is 149 Å². The molecule has 2 aliphatic carbocycles. The first-order chi connectivity index (χ1) is 11.5. The molecule has 0 bridgehead atoms. The van der Waals surface area contributed by atoms with E-state index in [1.54, 1.807) is 6.92 Å². The molecule has 0 unspecified atom stereocenters. The Morgan fingerprint density at radius 1 is 1.08 bits per heavy atom. The van der Waals surface area contributed by atoms with Gasteiger partial charge in [-0.05, 0) is 48.6 Å². The van der Waals surface area contributed by atoms with Crippen molar-refractivity contribution in [3.63, 3.8) is 0 Å². The smallest absolute Gasteiger partial charge is 0.170 e. The van der Waals surface area contributed by atoms with Gasteiger partial charge in [-0.15, -0.1) is 0 Å². The van der Waals surface area contributed by atoms with Crippen LogP contribution >= 0.6 is 15.9 Å². The van der Waals surface area contributed by atoms with E-state index in [0.717, 1.165) is 26.7 Å². The van der Waals surface area contributed by atoms with Gasteiger partial charge in [-0.3, -0.25) is 9.59 Å². The number of halogens is 1. The molecule has 0 aromatic heterocycles. The second-order valence-corrected chi connectivity index (χ2v) is 7.69. The van der Waals surface area contributed by atoms with Crippen molar-refractivity contribution in [1.29, 1.82) is 0 Å². The van der Waals surface area contributed by atoms with E-state index in [4.69, 9.17) is 0 Å². The van der Waals surface area contributed by atoms with Crippen molar-refractivity contribution < 1.29 is 9.59 Å². The zero-order valence-corrected chi connectivity index (χ0v) is 15.0. The van der Waals surface area contributed by atoms with Gasteiger partial charge in [0, 0.05) is 16.0 Å². The molecule has 0 amide bonds. The van der Waals surface area contributed by atoms with Crippen molar-refractivity contribution in [2.24, 2.45) is 5.41 Å². The highest BCUT2D eigenvalue weighted by Crippen LogP contribution is 2.55. The lowest BCUT2D eigenvalue weighted by atomic mass is 9.70. The van der Waals surface area contributed by atoms with Gasteiger partial charge < -0.3 is 0 Å². The van der Waals surface area contributed by atoms with Gasteiger partial charge in [0.05, 0.1) is 5.41 Å². The van der Waals surface area contributed by atoms with Crippen LogP contribution in [-0.4, -0.2) is 11.6 Å². The molecule has 0 saturated heterocycles. The Morgan fingerprint density at radius 3 is 2.46 bits per heavy atom. The fourth-order valence-corrected chi connectivity index (χ4v) is 4.44. The van der Waals surface area contributed by atoms with Gasteiger partial charge >= 0.3 is 0 Å². The van der Waals surface area contributed by atoms with Gasteiger partial charge in [0.2, 0.25) is 0 Å². The summed E-state index contributed by atoms with van der Waals surface area (Å²) in [5.74, 6) is 0.195. The molecule has 0 saturated carbocycles. The standard InChI is InChI=1S/C21H17BrO2/c1-13(23)16-10-19(14-6-8-17(22)9-7-14)21(12-16)11-15-4-2-3-5-18(15)20(21)24/h2-10,19H,11-12H2,1H3/t19-,21+/m1/s1. The number of ketones is 2. The third-order valence-corrected chi connectivity index (χ3v) is 5.90. The summed E-state index contributed by atoms with van der Waals surface area (Å²) in [4.78, 5) is 25.3. The molecule has 0 fully saturated rings. The molecule has 0 heterocycles. The molecule has 2 aliphatic rings. The van der Waals surface area contributed by atoms with Gasteiger partial charge in [-0.25, -0.2) is 0 Å². The first-order valence-corrected chi connectivity index (χ1v) is 8.90. The number of hydrogen-bond donors (Lipinski definition) is 0. The van der Waals surface area contributed by atoms with Crippen LogP contribution in [0.4, 0.5) is 0 Å². The summed E-state index contributed by atoms with van der Waals surface area (Å²) >= 11 is 3.46. The highest BCUT2D eigenvalue weighted by molar-refractivity contribution is 9.10. The van der Waals surface area contributed by atoms with Crippen LogP contribution in [0.15, 0.2) is 64.7 Å². The second kappa shape index (κ2) is 5.52. The predicted octanol–water partition coefficient (Wildman–Crippen LogP) is 4.88. The molecule has 2 aromatic carbocycles. The van der Waals surface area contributed by atoms with Crippen LogP contribution in [0.25, 0.3) is 0 Å². The van der Waals surface area contributed by atoms with Crippen LogP contribution in [0, 0.1) is 5.41 Å². The normalized spacial score (nSPS) is 25.0. The number of allylic oxidation sites excluding steroid dienone is 2. The van der Waals surface area contributed by atoms with Crippen molar-refractivity contribution in [3.05, 3.63) is 81.3 Å². The molecule has 4 rings (SSSR count). The average molecular weight is 381 g/mol. The van der Waals surface area contributed by atoms with E-state index in [1.165, 1.54) is 0 Å². The molecule has 0 aliphatic heterocycles. The second-order valence-electron chi connectivity index (χ2n) is 6.77. The van der Waals surface area contributed by atoms with Crippen molar-refractivity contribution in [1.82, 2.24) is 0 Å². The summed E-state index contributed by atoms with van der Waals surface area (Å²) in [5.41, 5.74) is 3.25. The monoisotopic (exact) mass is 380 g/mol. The molecule has 120 valence electrons. The number of carbonyl (C=O) groups excluding carboxylic acids is 2. The van der Waals surface area contributed by atoms with E-state index >= 15 is 0 Å². The first-order valence-electron chi connectivity index (χ1n) is 8.11. The number of carbonyl (C=O) groups is 2. The molecule has 2 nitrogen and oxygen atoms in total. The molecule has 2 aromatic rings. The number of benzene rings is 2. The average Bonchev–Trinajstić information content (AvgIpc) is 3.09. The van der Waals surface area contributed by atoms with Gasteiger partial charge in [0.15, 0.2) is 11.6 Å².